The summed E-state index contributed by atoms with van der Waals surface area (Å²) in [5.74, 6) is -2.02. The summed E-state index contributed by atoms with van der Waals surface area (Å²) in [6.07, 6.45) is -2.98. The second kappa shape index (κ2) is 5.98. The Morgan fingerprint density at radius 2 is 2.09 bits per heavy atom. The highest BCUT2D eigenvalue weighted by Gasteiger charge is 2.34. The molecule has 2 atom stereocenters. The highest BCUT2D eigenvalue weighted by Crippen LogP contribution is 2.27. The number of rotatable bonds is 3. The molecule has 0 spiro atoms. The number of carbonyl (C=O) groups excluding carboxylic acids is 1. The van der Waals surface area contributed by atoms with E-state index in [2.05, 4.69) is 5.10 Å². The predicted octanol–water partition coefficient (Wildman–Crippen LogP) is 1.47. The number of aliphatic carboxylic acids is 1. The second-order valence-corrected chi connectivity index (χ2v) is 5.57. The van der Waals surface area contributed by atoms with Crippen LogP contribution in [0.2, 0.25) is 0 Å². The number of piperidine rings is 1. The maximum Gasteiger partial charge on any atom is 0.435 e. The molecule has 2 rings (SSSR count). The van der Waals surface area contributed by atoms with E-state index in [4.69, 9.17) is 5.11 Å². The van der Waals surface area contributed by atoms with Crippen molar-refractivity contribution in [1.29, 1.82) is 0 Å². The molecular formula is C13H16F3N3O3. The first-order valence-electron chi connectivity index (χ1n) is 6.78. The van der Waals surface area contributed by atoms with Crippen LogP contribution in [-0.2, 0) is 22.3 Å². The van der Waals surface area contributed by atoms with Crippen molar-refractivity contribution >= 4 is 11.9 Å². The molecule has 0 saturated carbocycles. The molecule has 1 fully saturated rings. The van der Waals surface area contributed by atoms with Crippen LogP contribution in [0.25, 0.3) is 0 Å². The molecule has 0 aliphatic carbocycles. The Kier molecular flexibility index (Phi) is 4.43. The fraction of sp³-hybridized carbons (Fsp3) is 0.615. The fourth-order valence-electron chi connectivity index (χ4n) is 2.57. The second-order valence-electron chi connectivity index (χ2n) is 5.57. The lowest BCUT2D eigenvalue weighted by molar-refractivity contribution is -0.147. The SMILES string of the molecule is CC1CC(C(=O)O)CN(C(=O)Cn2ccc(C(F)(F)F)n2)C1. The summed E-state index contributed by atoms with van der Waals surface area (Å²) >= 11 is 0. The lowest BCUT2D eigenvalue weighted by atomic mass is 9.90. The number of carboxylic acids is 1. The molecule has 9 heteroatoms. The number of likely N-dealkylation sites (tertiary alicyclic amines) is 1. The van der Waals surface area contributed by atoms with Gasteiger partial charge in [-0.05, 0) is 18.4 Å². The normalized spacial score (nSPS) is 22.6. The predicted molar refractivity (Wildman–Crippen MR) is 68.7 cm³/mol. The van der Waals surface area contributed by atoms with Gasteiger partial charge >= 0.3 is 12.1 Å². The number of carboxylic acid groups (broad SMARTS) is 1. The van der Waals surface area contributed by atoms with Crippen LogP contribution < -0.4 is 0 Å². The first kappa shape index (κ1) is 16.3. The van der Waals surface area contributed by atoms with Crippen LogP contribution in [0, 0.1) is 11.8 Å². The summed E-state index contributed by atoms with van der Waals surface area (Å²) in [5.41, 5.74) is -1.06. The highest BCUT2D eigenvalue weighted by atomic mass is 19.4. The number of hydrogen-bond acceptors (Lipinski definition) is 3. The van der Waals surface area contributed by atoms with Gasteiger partial charge in [0, 0.05) is 19.3 Å². The Morgan fingerprint density at radius 1 is 1.41 bits per heavy atom. The van der Waals surface area contributed by atoms with Crippen molar-refractivity contribution in [1.82, 2.24) is 14.7 Å². The molecule has 0 radical (unpaired) electrons. The molecule has 2 unspecified atom stereocenters. The smallest absolute Gasteiger partial charge is 0.435 e. The number of aromatic nitrogens is 2. The van der Waals surface area contributed by atoms with Crippen molar-refractivity contribution in [2.45, 2.75) is 26.1 Å². The van der Waals surface area contributed by atoms with Crippen LogP contribution in [0.15, 0.2) is 12.3 Å². The van der Waals surface area contributed by atoms with Crippen LogP contribution in [0.3, 0.4) is 0 Å². The first-order valence-corrected chi connectivity index (χ1v) is 6.78. The number of carbonyl (C=O) groups is 2. The third-order valence-electron chi connectivity index (χ3n) is 3.59. The molecule has 1 N–H and O–H groups in total. The monoisotopic (exact) mass is 319 g/mol. The average molecular weight is 319 g/mol. The summed E-state index contributed by atoms with van der Waals surface area (Å²) < 4.78 is 38.3. The van der Waals surface area contributed by atoms with Crippen molar-refractivity contribution in [2.24, 2.45) is 11.8 Å². The van der Waals surface area contributed by atoms with E-state index in [1.807, 2.05) is 6.92 Å². The van der Waals surface area contributed by atoms with Crippen LogP contribution in [0.5, 0.6) is 0 Å². The van der Waals surface area contributed by atoms with Gasteiger partial charge in [0.25, 0.3) is 0 Å². The third kappa shape index (κ3) is 3.77. The number of hydrogen-bond donors (Lipinski definition) is 1. The average Bonchev–Trinajstić information content (AvgIpc) is 2.86. The molecule has 1 aromatic heterocycles. The molecular weight excluding hydrogens is 303 g/mol. The summed E-state index contributed by atoms with van der Waals surface area (Å²) in [4.78, 5) is 24.6. The van der Waals surface area contributed by atoms with Crippen LogP contribution in [0.1, 0.15) is 19.0 Å². The summed E-state index contributed by atoms with van der Waals surface area (Å²) in [7, 11) is 0. The minimum atomic E-state index is -4.55. The van der Waals surface area contributed by atoms with Crippen molar-refractivity contribution in [3.8, 4) is 0 Å². The van der Waals surface area contributed by atoms with Crippen molar-refractivity contribution in [2.75, 3.05) is 13.1 Å². The molecule has 1 aliphatic heterocycles. The van der Waals surface area contributed by atoms with Crippen molar-refractivity contribution in [3.63, 3.8) is 0 Å². The van der Waals surface area contributed by atoms with Crippen LogP contribution in [0.4, 0.5) is 13.2 Å². The van der Waals surface area contributed by atoms with Gasteiger partial charge in [0.15, 0.2) is 5.69 Å². The molecule has 6 nitrogen and oxygen atoms in total. The van der Waals surface area contributed by atoms with Gasteiger partial charge in [-0.2, -0.15) is 18.3 Å². The Balaban J connectivity index is 2.02. The molecule has 0 aromatic carbocycles. The van der Waals surface area contributed by atoms with E-state index in [1.54, 1.807) is 0 Å². The van der Waals surface area contributed by atoms with Crippen LogP contribution in [-0.4, -0.2) is 44.8 Å². The first-order chi connectivity index (χ1) is 10.2. The largest absolute Gasteiger partial charge is 0.481 e. The standard InChI is InChI=1S/C13H16F3N3O3/c1-8-4-9(12(21)22)6-18(5-8)11(20)7-19-3-2-10(17-19)13(14,15)16/h2-3,8-9H,4-7H2,1H3,(H,21,22). The maximum absolute atomic E-state index is 12.4. The van der Waals surface area contributed by atoms with Crippen molar-refractivity contribution in [3.05, 3.63) is 18.0 Å². The molecule has 1 aliphatic rings. The zero-order valence-electron chi connectivity index (χ0n) is 11.9. The van der Waals surface area contributed by atoms with Gasteiger partial charge in [-0.15, -0.1) is 0 Å². The topological polar surface area (TPSA) is 75.4 Å². The van der Waals surface area contributed by atoms with Gasteiger partial charge in [-0.1, -0.05) is 6.92 Å². The van der Waals surface area contributed by atoms with Gasteiger partial charge in [-0.3, -0.25) is 14.3 Å². The molecule has 22 heavy (non-hydrogen) atoms. The quantitative estimate of drug-likeness (QED) is 0.915. The summed E-state index contributed by atoms with van der Waals surface area (Å²) in [5, 5.41) is 12.4. The number of halogens is 3. The van der Waals surface area contributed by atoms with E-state index in [0.29, 0.717) is 13.0 Å². The summed E-state index contributed by atoms with van der Waals surface area (Å²) in [6, 6.07) is 0.798. The zero-order valence-corrected chi connectivity index (χ0v) is 11.9. The molecule has 1 aromatic rings. The minimum absolute atomic E-state index is 0.0298. The molecule has 1 amide bonds. The van der Waals surface area contributed by atoms with Gasteiger partial charge in [0.05, 0.1) is 5.92 Å². The molecule has 2 heterocycles. The van der Waals surface area contributed by atoms with E-state index >= 15 is 0 Å². The molecule has 122 valence electrons. The Hall–Kier alpha value is -2.06. The lowest BCUT2D eigenvalue weighted by Gasteiger charge is -2.34. The zero-order chi connectivity index (χ0) is 16.5. The van der Waals surface area contributed by atoms with E-state index in [1.165, 1.54) is 4.90 Å². The lowest BCUT2D eigenvalue weighted by Crippen LogP contribution is -2.46. The Labute approximate surface area is 124 Å². The third-order valence-corrected chi connectivity index (χ3v) is 3.59. The Bertz CT molecular complexity index is 570. The van der Waals surface area contributed by atoms with Gasteiger partial charge in [0.2, 0.25) is 5.91 Å². The number of nitrogens with zero attached hydrogens (tertiary/aromatic N) is 3. The van der Waals surface area contributed by atoms with E-state index in [0.717, 1.165) is 16.9 Å². The van der Waals surface area contributed by atoms with Gasteiger partial charge in [0.1, 0.15) is 6.54 Å². The fourth-order valence-corrected chi connectivity index (χ4v) is 2.57. The minimum Gasteiger partial charge on any atom is -0.481 e. The molecule has 1 saturated heterocycles. The highest BCUT2D eigenvalue weighted by molar-refractivity contribution is 5.77. The van der Waals surface area contributed by atoms with Crippen molar-refractivity contribution < 1.29 is 27.9 Å². The van der Waals surface area contributed by atoms with E-state index in [-0.39, 0.29) is 19.0 Å². The maximum atomic E-state index is 12.4. The van der Waals surface area contributed by atoms with E-state index < -0.39 is 29.7 Å². The summed E-state index contributed by atoms with van der Waals surface area (Å²) in [6.45, 7) is 1.97. The number of amides is 1. The Morgan fingerprint density at radius 3 is 2.64 bits per heavy atom. The van der Waals surface area contributed by atoms with Gasteiger partial charge < -0.3 is 10.0 Å². The van der Waals surface area contributed by atoms with E-state index in [9.17, 15) is 22.8 Å². The molecule has 0 bridgehead atoms. The van der Waals surface area contributed by atoms with Gasteiger partial charge in [-0.25, -0.2) is 0 Å². The number of alkyl halides is 3. The van der Waals surface area contributed by atoms with Crippen LogP contribution >= 0.6 is 0 Å².